The molecule has 2 aromatic rings. The van der Waals surface area contributed by atoms with Crippen molar-refractivity contribution < 1.29 is 9.90 Å². The number of rotatable bonds is 2. The van der Waals surface area contributed by atoms with Gasteiger partial charge in [-0.1, -0.05) is 54.4 Å². The molecule has 26 heavy (non-hydrogen) atoms. The highest BCUT2D eigenvalue weighted by Gasteiger charge is 2.36. The number of likely N-dealkylation sites (tertiary alicyclic amines) is 1. The summed E-state index contributed by atoms with van der Waals surface area (Å²) in [5.74, 6) is 0. The zero-order chi connectivity index (χ0) is 18.0. The monoisotopic (exact) mass is 354 g/mol. The van der Waals surface area contributed by atoms with Crippen molar-refractivity contribution in [2.75, 3.05) is 6.54 Å². The third-order valence-electron chi connectivity index (χ3n) is 5.75. The zero-order valence-electron chi connectivity index (χ0n) is 15.0. The molecule has 0 radical (unpaired) electrons. The van der Waals surface area contributed by atoms with Crippen molar-refractivity contribution in [3.63, 3.8) is 0 Å². The second-order valence-electron chi connectivity index (χ2n) is 7.51. The summed E-state index contributed by atoms with van der Waals surface area (Å²) in [6.45, 7) is 0.708. The fourth-order valence-electron chi connectivity index (χ4n) is 4.26. The summed E-state index contributed by atoms with van der Waals surface area (Å²) in [6.07, 6.45) is 9.11. The number of hydrogen-bond acceptors (Lipinski definition) is 4. The maximum atomic E-state index is 13.1. The molecule has 2 heterocycles. The third kappa shape index (κ3) is 3.26. The van der Waals surface area contributed by atoms with E-state index in [1.807, 2.05) is 23.1 Å². The Balaban J connectivity index is 1.56. The molecule has 1 aromatic heterocycles. The van der Waals surface area contributed by atoms with Crippen LogP contribution in [0.15, 0.2) is 36.5 Å². The fraction of sp³-hybridized carbons (Fsp3) is 0.550. The number of hydrogen-bond donors (Lipinski definition) is 1. The number of piperidine rings is 1. The van der Waals surface area contributed by atoms with Crippen molar-refractivity contribution in [1.29, 1.82) is 0 Å². The molecule has 1 aliphatic heterocycles. The van der Waals surface area contributed by atoms with Crippen LogP contribution in [0, 0.1) is 0 Å². The molecule has 1 atom stereocenters. The molecular weight excluding hydrogens is 328 g/mol. The van der Waals surface area contributed by atoms with Gasteiger partial charge in [0.25, 0.3) is 0 Å². The number of aromatic nitrogens is 3. The first-order valence-corrected chi connectivity index (χ1v) is 9.68. The molecule has 0 spiro atoms. The SMILES string of the molecule is O=C(N1CCCC[C@H]1c1ccccc1)n1ncc(C2(O)CCCCC2)n1. The molecule has 1 aliphatic carbocycles. The second-order valence-corrected chi connectivity index (χ2v) is 7.51. The van der Waals surface area contributed by atoms with Crippen LogP contribution in [0.4, 0.5) is 4.79 Å². The highest BCUT2D eigenvalue weighted by atomic mass is 16.3. The molecule has 138 valence electrons. The average Bonchev–Trinajstić information content (AvgIpc) is 3.20. The van der Waals surface area contributed by atoms with E-state index in [0.717, 1.165) is 44.1 Å². The highest BCUT2D eigenvalue weighted by Crippen LogP contribution is 2.36. The summed E-state index contributed by atoms with van der Waals surface area (Å²) >= 11 is 0. The summed E-state index contributed by atoms with van der Waals surface area (Å²) in [5, 5.41) is 19.4. The molecule has 1 aromatic carbocycles. The fourth-order valence-corrected chi connectivity index (χ4v) is 4.26. The number of aliphatic hydroxyl groups is 1. The maximum absolute atomic E-state index is 13.1. The molecule has 6 nitrogen and oxygen atoms in total. The normalized spacial score (nSPS) is 23.0. The summed E-state index contributed by atoms with van der Waals surface area (Å²) in [7, 11) is 0. The van der Waals surface area contributed by atoms with Gasteiger partial charge in [-0.2, -0.15) is 5.10 Å². The number of benzene rings is 1. The first-order chi connectivity index (χ1) is 12.7. The van der Waals surface area contributed by atoms with Gasteiger partial charge in [0, 0.05) is 6.54 Å². The smallest absolute Gasteiger partial charge is 0.362 e. The molecule has 1 N–H and O–H groups in total. The number of amides is 1. The molecule has 6 heteroatoms. The van der Waals surface area contributed by atoms with Crippen LogP contribution in [0.2, 0.25) is 0 Å². The lowest BCUT2D eigenvalue weighted by Crippen LogP contribution is -2.42. The van der Waals surface area contributed by atoms with Gasteiger partial charge in [0.1, 0.15) is 11.3 Å². The molecule has 0 bridgehead atoms. The van der Waals surface area contributed by atoms with E-state index in [0.29, 0.717) is 25.1 Å². The van der Waals surface area contributed by atoms with Gasteiger partial charge >= 0.3 is 6.03 Å². The molecule has 1 saturated heterocycles. The summed E-state index contributed by atoms with van der Waals surface area (Å²) in [5.41, 5.74) is 0.745. The van der Waals surface area contributed by atoms with Gasteiger partial charge in [-0.3, -0.25) is 0 Å². The standard InChI is InChI=1S/C20H26N4O2/c25-19(23-14-8-5-11-17(23)16-9-3-1-4-10-16)24-21-15-18(22-24)20(26)12-6-2-7-13-20/h1,3-4,9-10,15,17,26H,2,5-8,11-14H2/t17-/m0/s1. The van der Waals surface area contributed by atoms with Crippen molar-refractivity contribution >= 4 is 6.03 Å². The van der Waals surface area contributed by atoms with Crippen molar-refractivity contribution in [3.8, 4) is 0 Å². The predicted octanol–water partition coefficient (Wildman–Crippen LogP) is 3.63. The molecule has 4 rings (SSSR count). The molecule has 1 saturated carbocycles. The zero-order valence-corrected chi connectivity index (χ0v) is 15.0. The third-order valence-corrected chi connectivity index (χ3v) is 5.75. The Bertz CT molecular complexity index is 752. The van der Waals surface area contributed by atoms with E-state index >= 15 is 0 Å². The maximum Gasteiger partial charge on any atom is 0.362 e. The minimum Gasteiger partial charge on any atom is -0.383 e. The van der Waals surface area contributed by atoms with E-state index < -0.39 is 5.60 Å². The lowest BCUT2D eigenvalue weighted by Gasteiger charge is -2.35. The van der Waals surface area contributed by atoms with Crippen LogP contribution in [0.5, 0.6) is 0 Å². The van der Waals surface area contributed by atoms with Gasteiger partial charge in [-0.05, 0) is 37.7 Å². The van der Waals surface area contributed by atoms with Crippen LogP contribution in [0.3, 0.4) is 0 Å². The van der Waals surface area contributed by atoms with Crippen LogP contribution in [0.1, 0.15) is 68.7 Å². The lowest BCUT2D eigenvalue weighted by atomic mass is 9.83. The van der Waals surface area contributed by atoms with Gasteiger partial charge < -0.3 is 10.0 Å². The molecule has 0 unspecified atom stereocenters. The summed E-state index contributed by atoms with van der Waals surface area (Å²) in [4.78, 5) is 16.1. The summed E-state index contributed by atoms with van der Waals surface area (Å²) in [6, 6.07) is 10.0. The Labute approximate surface area is 153 Å². The van der Waals surface area contributed by atoms with Gasteiger partial charge in [-0.25, -0.2) is 4.79 Å². The molecule has 2 fully saturated rings. The first-order valence-electron chi connectivity index (χ1n) is 9.68. The Morgan fingerprint density at radius 2 is 1.85 bits per heavy atom. The van der Waals surface area contributed by atoms with Gasteiger partial charge in [0.05, 0.1) is 12.2 Å². The van der Waals surface area contributed by atoms with E-state index in [2.05, 4.69) is 22.3 Å². The van der Waals surface area contributed by atoms with Crippen LogP contribution >= 0.6 is 0 Å². The van der Waals surface area contributed by atoms with E-state index in [1.54, 1.807) is 6.20 Å². The lowest BCUT2D eigenvalue weighted by molar-refractivity contribution is -0.00503. The quantitative estimate of drug-likeness (QED) is 0.894. The Kier molecular flexibility index (Phi) is 4.76. The number of nitrogens with zero attached hydrogens (tertiary/aromatic N) is 4. The van der Waals surface area contributed by atoms with Gasteiger partial charge in [-0.15, -0.1) is 5.10 Å². The second kappa shape index (κ2) is 7.19. The van der Waals surface area contributed by atoms with E-state index in [1.165, 1.54) is 4.80 Å². The van der Waals surface area contributed by atoms with Crippen molar-refractivity contribution in [3.05, 3.63) is 47.8 Å². The van der Waals surface area contributed by atoms with Gasteiger partial charge in [0.2, 0.25) is 0 Å². The Morgan fingerprint density at radius 3 is 2.62 bits per heavy atom. The van der Waals surface area contributed by atoms with Gasteiger partial charge in [0.15, 0.2) is 0 Å². The average molecular weight is 354 g/mol. The van der Waals surface area contributed by atoms with Crippen LogP contribution in [0.25, 0.3) is 0 Å². The van der Waals surface area contributed by atoms with Crippen molar-refractivity contribution in [2.24, 2.45) is 0 Å². The molecular formula is C20H26N4O2. The summed E-state index contributed by atoms with van der Waals surface area (Å²) < 4.78 is 0. The van der Waals surface area contributed by atoms with Crippen LogP contribution in [-0.4, -0.2) is 37.6 Å². The minimum atomic E-state index is -0.933. The van der Waals surface area contributed by atoms with Crippen LogP contribution in [-0.2, 0) is 5.60 Å². The Hall–Kier alpha value is -2.21. The largest absolute Gasteiger partial charge is 0.383 e. The van der Waals surface area contributed by atoms with E-state index in [9.17, 15) is 9.90 Å². The van der Waals surface area contributed by atoms with Crippen LogP contribution < -0.4 is 0 Å². The topological polar surface area (TPSA) is 71.2 Å². The van der Waals surface area contributed by atoms with Crippen molar-refractivity contribution in [1.82, 2.24) is 19.9 Å². The molecule has 2 aliphatic rings. The van der Waals surface area contributed by atoms with E-state index in [4.69, 9.17) is 0 Å². The minimum absolute atomic E-state index is 0.0599. The van der Waals surface area contributed by atoms with Crippen molar-refractivity contribution in [2.45, 2.75) is 63.0 Å². The molecule has 1 amide bonds. The number of carbonyl (C=O) groups excluding carboxylic acids is 1. The predicted molar refractivity (Wildman–Crippen MR) is 97.5 cm³/mol. The highest BCUT2D eigenvalue weighted by molar-refractivity contribution is 5.75. The Morgan fingerprint density at radius 1 is 1.08 bits per heavy atom. The van der Waals surface area contributed by atoms with E-state index in [-0.39, 0.29) is 12.1 Å². The first kappa shape index (κ1) is 17.2. The number of carbonyl (C=O) groups is 1.